The van der Waals surface area contributed by atoms with Gasteiger partial charge in [-0.25, -0.2) is 0 Å². The second kappa shape index (κ2) is 7.71. The summed E-state index contributed by atoms with van der Waals surface area (Å²) in [7, 11) is -1.18. The first-order valence-electron chi connectivity index (χ1n) is 8.13. The molecular formula is C18H21ClN2OPS2+. The van der Waals surface area contributed by atoms with Crippen LogP contribution in [0.1, 0.15) is 18.9 Å². The van der Waals surface area contributed by atoms with Gasteiger partial charge < -0.3 is 5.32 Å². The summed E-state index contributed by atoms with van der Waals surface area (Å²) in [5.74, 6) is -0.0350. The molecule has 0 aliphatic heterocycles. The van der Waals surface area contributed by atoms with Crippen LogP contribution in [0, 0.1) is 0 Å². The molecule has 3 nitrogen and oxygen atoms in total. The number of benzene rings is 1. The molecule has 1 amide bonds. The quantitative estimate of drug-likeness (QED) is 0.544. The van der Waals surface area contributed by atoms with E-state index in [1.165, 1.54) is 17.5 Å². The van der Waals surface area contributed by atoms with Crippen LogP contribution < -0.4 is 10.8 Å². The maximum Gasteiger partial charge on any atom is 0.230 e. The van der Waals surface area contributed by atoms with Crippen molar-refractivity contribution in [3.63, 3.8) is 0 Å². The van der Waals surface area contributed by atoms with E-state index in [0.29, 0.717) is 16.6 Å². The molecule has 0 aliphatic carbocycles. The van der Waals surface area contributed by atoms with Gasteiger partial charge in [0.05, 0.1) is 38.6 Å². The number of halogens is 1. The molecule has 1 N–H and O–H groups in total. The van der Waals surface area contributed by atoms with Crippen molar-refractivity contribution in [2.75, 3.05) is 24.8 Å². The average molecular weight is 412 g/mol. The largest absolute Gasteiger partial charge is 0.302 e. The Labute approximate surface area is 161 Å². The number of fused-ring (bicyclic) bond motifs is 1. The van der Waals surface area contributed by atoms with Crippen LogP contribution in [0.4, 0.5) is 5.13 Å². The third kappa shape index (κ3) is 4.40. The number of amides is 1. The Morgan fingerprint density at radius 1 is 1.28 bits per heavy atom. The van der Waals surface area contributed by atoms with Crippen molar-refractivity contribution in [2.24, 2.45) is 0 Å². The molecule has 0 spiro atoms. The summed E-state index contributed by atoms with van der Waals surface area (Å²) in [6.07, 6.45) is 2.68. The van der Waals surface area contributed by atoms with Crippen molar-refractivity contribution in [1.29, 1.82) is 0 Å². The van der Waals surface area contributed by atoms with Crippen molar-refractivity contribution in [3.8, 4) is 0 Å². The summed E-state index contributed by atoms with van der Waals surface area (Å²) >= 11 is 9.24. The third-order valence-corrected chi connectivity index (χ3v) is 9.32. The van der Waals surface area contributed by atoms with Crippen LogP contribution in [0.25, 0.3) is 10.1 Å². The fourth-order valence-electron chi connectivity index (χ4n) is 2.80. The highest BCUT2D eigenvalue weighted by Gasteiger charge is 2.30. The molecule has 0 atom stereocenters. The van der Waals surface area contributed by atoms with Crippen molar-refractivity contribution in [1.82, 2.24) is 4.98 Å². The fraction of sp³-hybridized carbons (Fsp3) is 0.333. The van der Waals surface area contributed by atoms with Crippen LogP contribution >= 0.6 is 41.5 Å². The Balaban J connectivity index is 1.70. The number of nitrogens with one attached hydrogen (secondary N) is 1. The molecule has 0 aliphatic rings. The molecule has 25 heavy (non-hydrogen) atoms. The predicted octanol–water partition coefficient (Wildman–Crippen LogP) is 5.50. The molecule has 3 aromatic rings. The van der Waals surface area contributed by atoms with Crippen LogP contribution in [-0.2, 0) is 11.2 Å². The first kappa shape index (κ1) is 18.8. The number of hydrogen-bond donors (Lipinski definition) is 1. The highest BCUT2D eigenvalue weighted by Crippen LogP contribution is 2.50. The number of carbonyl (C=O) groups is 1. The molecule has 132 valence electrons. The standard InChI is InChI=1S/C18H20ClN2OPS2/c1-4-7-23(2,3)17-11-25-18(21-17)20-16(22)8-12-10-24-15-6-5-13(19)9-14(12)15/h5-6,9-11H,4,7-8H2,1-3H3/p+1. The Morgan fingerprint density at radius 3 is 2.84 bits per heavy atom. The van der Waals surface area contributed by atoms with E-state index in [0.717, 1.165) is 27.5 Å². The number of carbonyl (C=O) groups excluding carboxylic acids is 1. The van der Waals surface area contributed by atoms with Gasteiger partial charge in [0, 0.05) is 9.72 Å². The number of thiophene rings is 1. The zero-order valence-electron chi connectivity index (χ0n) is 14.5. The van der Waals surface area contributed by atoms with Gasteiger partial charge in [0.2, 0.25) is 5.91 Å². The zero-order valence-corrected chi connectivity index (χ0v) is 17.8. The van der Waals surface area contributed by atoms with Gasteiger partial charge in [-0.2, -0.15) is 4.98 Å². The second-order valence-electron chi connectivity index (χ2n) is 6.55. The molecule has 2 aromatic heterocycles. The van der Waals surface area contributed by atoms with Crippen LogP contribution in [-0.4, -0.2) is 30.4 Å². The Kier molecular flexibility index (Phi) is 5.79. The van der Waals surface area contributed by atoms with Crippen molar-refractivity contribution in [3.05, 3.63) is 39.5 Å². The lowest BCUT2D eigenvalue weighted by Crippen LogP contribution is -2.17. The molecule has 7 heteroatoms. The zero-order chi connectivity index (χ0) is 18.0. The molecule has 0 radical (unpaired) electrons. The summed E-state index contributed by atoms with van der Waals surface area (Å²) < 4.78 is 1.15. The lowest BCUT2D eigenvalue weighted by atomic mass is 10.1. The lowest BCUT2D eigenvalue weighted by Gasteiger charge is -2.13. The summed E-state index contributed by atoms with van der Waals surface area (Å²) in [6, 6.07) is 5.80. The number of anilines is 1. The smallest absolute Gasteiger partial charge is 0.230 e. The molecule has 0 fully saturated rings. The summed E-state index contributed by atoms with van der Waals surface area (Å²) in [5, 5.41) is 9.53. The Morgan fingerprint density at radius 2 is 2.08 bits per heavy atom. The summed E-state index contributed by atoms with van der Waals surface area (Å²) in [4.78, 5) is 17.1. The van der Waals surface area contributed by atoms with Crippen molar-refractivity contribution in [2.45, 2.75) is 19.8 Å². The topological polar surface area (TPSA) is 42.0 Å². The van der Waals surface area contributed by atoms with Crippen molar-refractivity contribution < 1.29 is 4.79 Å². The van der Waals surface area contributed by atoms with E-state index in [9.17, 15) is 4.79 Å². The third-order valence-electron chi connectivity index (χ3n) is 4.11. The Bertz CT molecular complexity index is 904. The molecule has 2 heterocycles. The van der Waals surface area contributed by atoms with Gasteiger partial charge in [-0.15, -0.1) is 22.7 Å². The minimum atomic E-state index is -1.18. The number of thiazole rings is 1. The summed E-state index contributed by atoms with van der Waals surface area (Å²) in [5.41, 5.74) is 2.16. The van der Waals surface area contributed by atoms with Gasteiger partial charge in [0.25, 0.3) is 0 Å². The maximum absolute atomic E-state index is 12.4. The van der Waals surface area contributed by atoms with E-state index in [4.69, 9.17) is 11.6 Å². The average Bonchev–Trinajstić information content (AvgIpc) is 3.15. The molecule has 0 saturated carbocycles. The number of nitrogens with zero attached hydrogens (tertiary/aromatic N) is 1. The number of aromatic nitrogens is 1. The van der Waals surface area contributed by atoms with E-state index in [1.807, 2.05) is 23.6 Å². The SMILES string of the molecule is CCC[P+](C)(C)c1csc(NC(=O)Cc2csc3ccc(Cl)cc23)n1. The molecule has 0 unspecified atom stereocenters. The number of hydrogen-bond acceptors (Lipinski definition) is 4. The molecule has 0 bridgehead atoms. The highest BCUT2D eigenvalue weighted by atomic mass is 35.5. The minimum Gasteiger partial charge on any atom is -0.302 e. The first-order chi connectivity index (χ1) is 11.9. The Hall–Kier alpha value is -1.00. The van der Waals surface area contributed by atoms with E-state index >= 15 is 0 Å². The fourth-order valence-corrected chi connectivity index (χ4v) is 7.60. The number of rotatable bonds is 6. The van der Waals surface area contributed by atoms with E-state index in [-0.39, 0.29) is 5.91 Å². The van der Waals surface area contributed by atoms with E-state index in [1.54, 1.807) is 11.3 Å². The van der Waals surface area contributed by atoms with Crippen LogP contribution in [0.15, 0.2) is 29.0 Å². The van der Waals surface area contributed by atoms with Gasteiger partial charge in [0.15, 0.2) is 10.6 Å². The molecule has 0 saturated heterocycles. The highest BCUT2D eigenvalue weighted by molar-refractivity contribution is 7.81. The van der Waals surface area contributed by atoms with E-state index < -0.39 is 7.26 Å². The maximum atomic E-state index is 12.4. The van der Waals surface area contributed by atoms with Crippen LogP contribution in [0.3, 0.4) is 0 Å². The van der Waals surface area contributed by atoms with E-state index in [2.05, 4.69) is 35.9 Å². The normalized spacial score (nSPS) is 11.8. The van der Waals surface area contributed by atoms with Gasteiger partial charge >= 0.3 is 0 Å². The summed E-state index contributed by atoms with van der Waals surface area (Å²) in [6.45, 7) is 6.81. The molecule has 1 aromatic carbocycles. The van der Waals surface area contributed by atoms with Crippen molar-refractivity contribution >= 4 is 68.1 Å². The van der Waals surface area contributed by atoms with Gasteiger partial charge in [-0.1, -0.05) is 18.5 Å². The lowest BCUT2D eigenvalue weighted by molar-refractivity contribution is -0.115. The molecular weight excluding hydrogens is 391 g/mol. The molecule has 3 rings (SSSR count). The van der Waals surface area contributed by atoms with Crippen LogP contribution in [0.2, 0.25) is 5.02 Å². The predicted molar refractivity (Wildman–Crippen MR) is 115 cm³/mol. The van der Waals surface area contributed by atoms with Gasteiger partial charge in [0.1, 0.15) is 0 Å². The van der Waals surface area contributed by atoms with Crippen LogP contribution in [0.5, 0.6) is 0 Å². The van der Waals surface area contributed by atoms with Gasteiger partial charge in [-0.05, 0) is 40.9 Å². The monoisotopic (exact) mass is 411 g/mol. The second-order valence-corrected chi connectivity index (χ2v) is 13.0. The minimum absolute atomic E-state index is 0.0350. The van der Waals surface area contributed by atoms with Gasteiger partial charge in [-0.3, -0.25) is 4.79 Å². The first-order valence-corrected chi connectivity index (χ1v) is 13.1.